The maximum absolute atomic E-state index is 13.0. The van der Waals surface area contributed by atoms with Crippen LogP contribution in [-0.2, 0) is 9.47 Å². The summed E-state index contributed by atoms with van der Waals surface area (Å²) in [7, 11) is 0. The summed E-state index contributed by atoms with van der Waals surface area (Å²) < 4.78 is 16.1. The first-order valence-electron chi connectivity index (χ1n) is 11.9. The maximum Gasteiger partial charge on any atom is 0.414 e. The molecule has 0 radical (unpaired) electrons. The first-order chi connectivity index (χ1) is 19.0. The molecule has 2 amide bonds. The number of aliphatic hydroxyl groups excluding tert-OH is 4. The summed E-state index contributed by atoms with van der Waals surface area (Å²) in [5, 5.41) is 52.9. The predicted molar refractivity (Wildman–Crippen MR) is 140 cm³/mol. The first-order valence-corrected chi connectivity index (χ1v) is 12.7. The number of rotatable bonds is 10. The summed E-state index contributed by atoms with van der Waals surface area (Å²) >= 11 is 12.1. The Bertz CT molecular complexity index is 1230. The van der Waals surface area contributed by atoms with Gasteiger partial charge in [-0.15, -0.1) is 0 Å². The lowest BCUT2D eigenvalue weighted by Crippen LogP contribution is -2.60. The minimum atomic E-state index is -1.79. The summed E-state index contributed by atoms with van der Waals surface area (Å²) in [4.78, 5) is 37.3. The van der Waals surface area contributed by atoms with E-state index in [1.165, 1.54) is 30.3 Å². The van der Waals surface area contributed by atoms with Gasteiger partial charge in [0, 0.05) is 23.7 Å². The summed E-state index contributed by atoms with van der Waals surface area (Å²) in [6, 6.07) is 7.66. The second-order valence-corrected chi connectivity index (χ2v) is 9.48. The Morgan fingerprint density at radius 3 is 2.48 bits per heavy atom. The number of hydrogen-bond acceptors (Lipinski definition) is 11. The fourth-order valence-electron chi connectivity index (χ4n) is 3.68. The van der Waals surface area contributed by atoms with Crippen molar-refractivity contribution in [1.29, 1.82) is 0 Å². The van der Waals surface area contributed by atoms with Crippen LogP contribution in [0.25, 0.3) is 0 Å². The SMILES string of the molecule is CCCN(COc1ccc(Cl)cc1C(=O)Nc1ccc([N+](=O)[O-])cc1Cl)C(=O)O[C@@H]1O[C@H](CO)[C@@H](O)[C@H](O)[C@H]1O. The van der Waals surface area contributed by atoms with E-state index in [9.17, 15) is 40.1 Å². The predicted octanol–water partition coefficient (Wildman–Crippen LogP) is 2.14. The molecular weight excluding hydrogens is 577 g/mol. The van der Waals surface area contributed by atoms with E-state index in [-0.39, 0.29) is 39.3 Å². The number of carbonyl (C=O) groups excluding carboxylic acids is 2. The van der Waals surface area contributed by atoms with Crippen molar-refractivity contribution in [2.75, 3.05) is 25.2 Å². The average molecular weight is 604 g/mol. The molecule has 1 heterocycles. The fraction of sp³-hybridized carbons (Fsp3) is 0.417. The molecular formula is C24H27Cl2N3O11. The van der Waals surface area contributed by atoms with Crippen LogP contribution < -0.4 is 10.1 Å². The van der Waals surface area contributed by atoms with Gasteiger partial charge in [-0.05, 0) is 30.7 Å². The number of aliphatic hydroxyl groups is 4. The molecule has 1 saturated heterocycles. The van der Waals surface area contributed by atoms with E-state index in [0.717, 1.165) is 11.0 Å². The highest BCUT2D eigenvalue weighted by Gasteiger charge is 2.45. The zero-order valence-electron chi connectivity index (χ0n) is 21.0. The van der Waals surface area contributed by atoms with Crippen LogP contribution in [0.1, 0.15) is 23.7 Å². The zero-order chi connectivity index (χ0) is 29.6. The van der Waals surface area contributed by atoms with Gasteiger partial charge >= 0.3 is 6.09 Å². The minimum Gasteiger partial charge on any atom is -0.472 e. The monoisotopic (exact) mass is 603 g/mol. The van der Waals surface area contributed by atoms with Gasteiger partial charge in [0.15, 0.2) is 6.73 Å². The quantitative estimate of drug-likeness (QED) is 0.151. The second-order valence-electron chi connectivity index (χ2n) is 8.63. The van der Waals surface area contributed by atoms with Crippen LogP contribution in [0.4, 0.5) is 16.2 Å². The van der Waals surface area contributed by atoms with E-state index in [1.807, 2.05) is 0 Å². The fourth-order valence-corrected chi connectivity index (χ4v) is 4.07. The van der Waals surface area contributed by atoms with Crippen LogP contribution >= 0.6 is 23.2 Å². The smallest absolute Gasteiger partial charge is 0.414 e. The van der Waals surface area contributed by atoms with Crippen molar-refractivity contribution in [2.45, 2.75) is 44.1 Å². The van der Waals surface area contributed by atoms with Gasteiger partial charge in [0.1, 0.15) is 30.2 Å². The lowest BCUT2D eigenvalue weighted by atomic mass is 9.99. The summed E-state index contributed by atoms with van der Waals surface area (Å²) in [6.07, 6.45) is -8.66. The molecule has 0 bridgehead atoms. The van der Waals surface area contributed by atoms with Crippen molar-refractivity contribution in [3.63, 3.8) is 0 Å². The van der Waals surface area contributed by atoms with E-state index in [0.29, 0.717) is 6.42 Å². The van der Waals surface area contributed by atoms with Gasteiger partial charge in [0.05, 0.1) is 27.8 Å². The molecule has 218 valence electrons. The maximum atomic E-state index is 13.0. The van der Waals surface area contributed by atoms with E-state index in [1.54, 1.807) is 6.92 Å². The van der Waals surface area contributed by atoms with Crippen molar-refractivity contribution < 1.29 is 49.1 Å². The number of carbonyl (C=O) groups is 2. The molecule has 14 nitrogen and oxygen atoms in total. The molecule has 2 aromatic carbocycles. The Balaban J connectivity index is 1.73. The summed E-state index contributed by atoms with van der Waals surface area (Å²) in [5.74, 6) is -0.694. The highest BCUT2D eigenvalue weighted by atomic mass is 35.5. The number of hydrogen-bond donors (Lipinski definition) is 5. The molecule has 0 aliphatic carbocycles. The summed E-state index contributed by atoms with van der Waals surface area (Å²) in [6.45, 7) is 0.755. The first kappa shape index (κ1) is 31.3. The van der Waals surface area contributed by atoms with Gasteiger partial charge < -0.3 is 40.0 Å². The Morgan fingerprint density at radius 1 is 1.12 bits per heavy atom. The molecule has 5 N–H and O–H groups in total. The third-order valence-corrected chi connectivity index (χ3v) is 6.34. The van der Waals surface area contributed by atoms with Crippen LogP contribution in [0.15, 0.2) is 36.4 Å². The van der Waals surface area contributed by atoms with Gasteiger partial charge in [0.2, 0.25) is 6.29 Å². The number of amides is 2. The largest absolute Gasteiger partial charge is 0.472 e. The molecule has 0 aromatic heterocycles. The number of anilines is 1. The number of nitrogens with one attached hydrogen (secondary N) is 1. The van der Waals surface area contributed by atoms with Gasteiger partial charge in [-0.25, -0.2) is 4.79 Å². The normalized spacial score (nSPS) is 22.3. The summed E-state index contributed by atoms with van der Waals surface area (Å²) in [5.41, 5.74) is -0.207. The van der Waals surface area contributed by atoms with E-state index in [2.05, 4.69) is 5.32 Å². The molecule has 3 rings (SSSR count). The van der Waals surface area contributed by atoms with Crippen molar-refractivity contribution in [1.82, 2.24) is 4.90 Å². The topological polar surface area (TPSA) is 201 Å². The number of halogens is 2. The molecule has 1 aliphatic heterocycles. The molecule has 0 unspecified atom stereocenters. The molecule has 1 aliphatic rings. The van der Waals surface area contributed by atoms with Gasteiger partial charge in [-0.1, -0.05) is 30.1 Å². The van der Waals surface area contributed by atoms with Gasteiger partial charge in [-0.2, -0.15) is 0 Å². The zero-order valence-corrected chi connectivity index (χ0v) is 22.5. The minimum absolute atomic E-state index is 0.0154. The van der Waals surface area contributed by atoms with Crippen molar-refractivity contribution in [3.05, 3.63) is 62.1 Å². The van der Waals surface area contributed by atoms with Crippen LogP contribution in [0, 0.1) is 10.1 Å². The lowest BCUT2D eigenvalue weighted by Gasteiger charge is -2.39. The van der Waals surface area contributed by atoms with Crippen molar-refractivity contribution in [2.24, 2.45) is 0 Å². The van der Waals surface area contributed by atoms with Gasteiger partial charge in [0.25, 0.3) is 11.6 Å². The molecule has 1 fully saturated rings. The van der Waals surface area contributed by atoms with E-state index < -0.39 is 61.0 Å². The Morgan fingerprint density at radius 2 is 1.85 bits per heavy atom. The third-order valence-electron chi connectivity index (χ3n) is 5.79. The number of nitro groups is 1. The van der Waals surface area contributed by atoms with Crippen molar-refractivity contribution >= 4 is 46.6 Å². The standard InChI is InChI=1S/C24H27Cl2N3O11/c1-2-7-28(24(35)40-23-21(33)20(32)19(31)18(10-30)39-23)11-38-17-6-3-12(25)8-14(17)22(34)27-16-5-4-13(29(36)37)9-15(16)26/h3-6,8-9,18-21,23,30-33H,2,7,10-11H2,1H3,(H,27,34)/t18-,19-,20+,21-,23+/m1/s1. The van der Waals surface area contributed by atoms with Crippen LogP contribution in [-0.4, -0.2) is 92.8 Å². The average Bonchev–Trinajstić information content (AvgIpc) is 2.92. The van der Waals surface area contributed by atoms with E-state index >= 15 is 0 Å². The molecule has 40 heavy (non-hydrogen) atoms. The highest BCUT2D eigenvalue weighted by molar-refractivity contribution is 6.34. The number of ether oxygens (including phenoxy) is 3. The van der Waals surface area contributed by atoms with Crippen LogP contribution in [0.3, 0.4) is 0 Å². The lowest BCUT2D eigenvalue weighted by molar-refractivity contribution is -0.384. The molecule has 16 heteroatoms. The highest BCUT2D eigenvalue weighted by Crippen LogP contribution is 2.29. The molecule has 2 aromatic rings. The second kappa shape index (κ2) is 13.9. The van der Waals surface area contributed by atoms with E-state index in [4.69, 9.17) is 37.4 Å². The number of benzene rings is 2. The van der Waals surface area contributed by atoms with Crippen LogP contribution in [0.2, 0.25) is 10.0 Å². The molecule has 0 saturated carbocycles. The molecule has 5 atom stereocenters. The van der Waals surface area contributed by atoms with Gasteiger partial charge in [-0.3, -0.25) is 19.8 Å². The molecule has 0 spiro atoms. The Kier molecular flexibility index (Phi) is 10.9. The number of non-ortho nitro benzene ring substituents is 1. The number of nitrogens with zero attached hydrogens (tertiary/aromatic N) is 2. The van der Waals surface area contributed by atoms with Crippen molar-refractivity contribution in [3.8, 4) is 5.75 Å². The third kappa shape index (κ3) is 7.48. The number of nitro benzene ring substituents is 1. The van der Waals surface area contributed by atoms with Crippen LogP contribution in [0.5, 0.6) is 5.75 Å². The Labute approximate surface area is 237 Å². The Hall–Kier alpha value is -3.24.